The summed E-state index contributed by atoms with van der Waals surface area (Å²) in [6.45, 7) is 12.7. The van der Waals surface area contributed by atoms with Crippen molar-refractivity contribution in [2.75, 3.05) is 32.8 Å². The average Bonchev–Trinajstić information content (AvgIpc) is 2.79. The molecule has 0 saturated carbocycles. The molecule has 0 radical (unpaired) electrons. The lowest BCUT2D eigenvalue weighted by atomic mass is 10.1. The van der Waals surface area contributed by atoms with Crippen molar-refractivity contribution in [2.45, 2.75) is 65.5 Å². The molecule has 0 aromatic heterocycles. The summed E-state index contributed by atoms with van der Waals surface area (Å²) in [6.07, 6.45) is 4.29. The number of rotatable bonds is 9. The number of carbonyl (C=O) groups excluding carboxylic acids is 1. The van der Waals surface area contributed by atoms with E-state index in [0.717, 1.165) is 38.2 Å². The van der Waals surface area contributed by atoms with Gasteiger partial charge in [0.05, 0.1) is 6.61 Å². The molecule has 1 fully saturated rings. The fourth-order valence-electron chi connectivity index (χ4n) is 3.90. The van der Waals surface area contributed by atoms with Gasteiger partial charge in [-0.15, -0.1) is 0 Å². The number of piperazine rings is 1. The molecular formula is C28H40N2O3. The Morgan fingerprint density at radius 2 is 1.42 bits per heavy atom. The molecule has 1 aliphatic heterocycles. The van der Waals surface area contributed by atoms with Gasteiger partial charge in [-0.3, -0.25) is 4.90 Å². The molecule has 1 aliphatic rings. The van der Waals surface area contributed by atoms with Crippen LogP contribution in [0.4, 0.5) is 4.79 Å². The zero-order valence-corrected chi connectivity index (χ0v) is 20.8. The summed E-state index contributed by atoms with van der Waals surface area (Å²) in [6, 6.07) is 17.3. The van der Waals surface area contributed by atoms with Crippen molar-refractivity contribution in [3.8, 4) is 5.75 Å². The molecular weight excluding hydrogens is 412 g/mol. The van der Waals surface area contributed by atoms with E-state index in [0.29, 0.717) is 19.7 Å². The molecule has 180 valence electrons. The van der Waals surface area contributed by atoms with Crippen LogP contribution in [0.3, 0.4) is 0 Å². The lowest BCUT2D eigenvalue weighted by molar-refractivity contribution is 0.0139. The van der Waals surface area contributed by atoms with E-state index in [9.17, 15) is 4.79 Å². The molecule has 5 nitrogen and oxygen atoms in total. The Morgan fingerprint density at radius 1 is 0.848 bits per heavy atom. The van der Waals surface area contributed by atoms with Crippen molar-refractivity contribution in [3.63, 3.8) is 0 Å². The van der Waals surface area contributed by atoms with Crippen LogP contribution in [0.5, 0.6) is 5.75 Å². The smallest absolute Gasteiger partial charge is 0.410 e. The molecule has 1 amide bonds. The van der Waals surface area contributed by atoms with Crippen molar-refractivity contribution in [1.29, 1.82) is 0 Å². The van der Waals surface area contributed by atoms with Gasteiger partial charge in [0.2, 0.25) is 0 Å². The first kappa shape index (κ1) is 25.1. The van der Waals surface area contributed by atoms with E-state index in [1.807, 2.05) is 25.7 Å². The average molecular weight is 453 g/mol. The third kappa shape index (κ3) is 8.73. The number of hydrogen-bond acceptors (Lipinski definition) is 4. The summed E-state index contributed by atoms with van der Waals surface area (Å²) in [4.78, 5) is 16.4. The van der Waals surface area contributed by atoms with Crippen LogP contribution >= 0.6 is 0 Å². The molecule has 0 spiro atoms. The van der Waals surface area contributed by atoms with Crippen molar-refractivity contribution < 1.29 is 14.3 Å². The van der Waals surface area contributed by atoms with Crippen LogP contribution in [0.2, 0.25) is 0 Å². The normalized spacial score (nSPS) is 14.8. The number of amides is 1. The Kier molecular flexibility index (Phi) is 9.19. The molecule has 0 unspecified atom stereocenters. The SMILES string of the molecule is CCCCc1ccc(OCCc2ccc(CN3CCN(C(=O)OC(C)(C)C)CC3)cc2)cc1. The van der Waals surface area contributed by atoms with Crippen molar-refractivity contribution >= 4 is 6.09 Å². The molecule has 2 aromatic carbocycles. The zero-order chi connectivity index (χ0) is 23.7. The highest BCUT2D eigenvalue weighted by molar-refractivity contribution is 5.68. The summed E-state index contributed by atoms with van der Waals surface area (Å²) >= 11 is 0. The maximum absolute atomic E-state index is 12.2. The first-order chi connectivity index (χ1) is 15.8. The highest BCUT2D eigenvalue weighted by atomic mass is 16.6. The van der Waals surface area contributed by atoms with Crippen molar-refractivity contribution in [3.05, 3.63) is 65.2 Å². The van der Waals surface area contributed by atoms with Gasteiger partial charge in [0, 0.05) is 39.1 Å². The minimum absolute atomic E-state index is 0.207. The first-order valence-electron chi connectivity index (χ1n) is 12.3. The largest absolute Gasteiger partial charge is 0.493 e. The van der Waals surface area contributed by atoms with Gasteiger partial charge in [0.25, 0.3) is 0 Å². The molecule has 1 heterocycles. The van der Waals surface area contributed by atoms with E-state index < -0.39 is 5.60 Å². The standard InChI is InChI=1S/C28H40N2O3/c1-5-6-7-23-12-14-26(15-13-23)32-21-16-24-8-10-25(11-9-24)22-29-17-19-30(20-18-29)27(31)33-28(2,3)4/h8-15H,5-7,16-22H2,1-4H3. The minimum Gasteiger partial charge on any atom is -0.493 e. The minimum atomic E-state index is -0.445. The van der Waals surface area contributed by atoms with Crippen LogP contribution in [0, 0.1) is 0 Å². The highest BCUT2D eigenvalue weighted by Crippen LogP contribution is 2.16. The van der Waals surface area contributed by atoms with Crippen molar-refractivity contribution in [2.24, 2.45) is 0 Å². The van der Waals surface area contributed by atoms with Gasteiger partial charge in [0.15, 0.2) is 0 Å². The number of ether oxygens (including phenoxy) is 2. The van der Waals surface area contributed by atoms with Gasteiger partial charge >= 0.3 is 6.09 Å². The number of nitrogens with zero attached hydrogens (tertiary/aromatic N) is 2. The van der Waals surface area contributed by atoms with E-state index in [1.54, 1.807) is 0 Å². The maximum atomic E-state index is 12.2. The summed E-state index contributed by atoms with van der Waals surface area (Å²) in [5, 5.41) is 0. The second-order valence-corrected chi connectivity index (χ2v) is 9.91. The lowest BCUT2D eigenvalue weighted by Gasteiger charge is -2.35. The first-order valence-corrected chi connectivity index (χ1v) is 12.3. The van der Waals surface area contributed by atoms with E-state index in [2.05, 4.69) is 60.4 Å². The Hall–Kier alpha value is -2.53. The van der Waals surface area contributed by atoms with E-state index in [1.165, 1.54) is 29.5 Å². The molecule has 1 saturated heterocycles. The summed E-state index contributed by atoms with van der Waals surface area (Å²) < 4.78 is 11.4. The van der Waals surface area contributed by atoms with Crippen LogP contribution in [0.15, 0.2) is 48.5 Å². The van der Waals surface area contributed by atoms with Gasteiger partial charge < -0.3 is 14.4 Å². The maximum Gasteiger partial charge on any atom is 0.410 e. The third-order valence-electron chi connectivity index (χ3n) is 5.85. The predicted octanol–water partition coefficient (Wildman–Crippen LogP) is 5.70. The highest BCUT2D eigenvalue weighted by Gasteiger charge is 2.25. The fraction of sp³-hybridized carbons (Fsp3) is 0.536. The Bertz CT molecular complexity index is 848. The molecule has 0 atom stereocenters. The van der Waals surface area contributed by atoms with Gasteiger partial charge in [-0.2, -0.15) is 0 Å². The molecule has 0 aliphatic carbocycles. The second kappa shape index (κ2) is 12.1. The van der Waals surface area contributed by atoms with E-state index in [-0.39, 0.29) is 6.09 Å². The predicted molar refractivity (Wildman–Crippen MR) is 134 cm³/mol. The topological polar surface area (TPSA) is 42.0 Å². The lowest BCUT2D eigenvalue weighted by Crippen LogP contribution is -2.49. The van der Waals surface area contributed by atoms with Gasteiger partial charge in [-0.05, 0) is 62.4 Å². The van der Waals surface area contributed by atoms with Crippen molar-refractivity contribution in [1.82, 2.24) is 9.80 Å². The summed E-state index contributed by atoms with van der Waals surface area (Å²) in [5.41, 5.74) is 3.52. The van der Waals surface area contributed by atoms with Crippen LogP contribution in [-0.4, -0.2) is 54.3 Å². The molecule has 33 heavy (non-hydrogen) atoms. The number of aryl methyl sites for hydroxylation is 1. The number of carbonyl (C=O) groups is 1. The number of unbranched alkanes of at least 4 members (excludes halogenated alkanes) is 1. The van der Waals surface area contributed by atoms with E-state index >= 15 is 0 Å². The van der Waals surface area contributed by atoms with Gasteiger partial charge in [0.1, 0.15) is 11.4 Å². The van der Waals surface area contributed by atoms with Gasteiger partial charge in [-0.25, -0.2) is 4.79 Å². The van der Waals surface area contributed by atoms with Gasteiger partial charge in [-0.1, -0.05) is 49.7 Å². The second-order valence-electron chi connectivity index (χ2n) is 9.91. The molecule has 0 N–H and O–H groups in total. The summed E-state index contributed by atoms with van der Waals surface area (Å²) in [7, 11) is 0. The Labute approximate surface area is 199 Å². The number of hydrogen-bond donors (Lipinski definition) is 0. The van der Waals surface area contributed by atoms with Crippen LogP contribution in [0.1, 0.15) is 57.2 Å². The van der Waals surface area contributed by atoms with Crippen LogP contribution < -0.4 is 4.74 Å². The molecule has 2 aromatic rings. The molecule has 0 bridgehead atoms. The summed E-state index contributed by atoms with van der Waals surface area (Å²) in [5.74, 6) is 0.942. The zero-order valence-electron chi connectivity index (χ0n) is 20.8. The Morgan fingerprint density at radius 3 is 2.03 bits per heavy atom. The third-order valence-corrected chi connectivity index (χ3v) is 5.85. The quantitative estimate of drug-likeness (QED) is 0.489. The fourth-order valence-corrected chi connectivity index (χ4v) is 3.90. The molecule has 3 rings (SSSR count). The van der Waals surface area contributed by atoms with E-state index in [4.69, 9.17) is 9.47 Å². The van der Waals surface area contributed by atoms with Crippen LogP contribution in [-0.2, 0) is 24.1 Å². The Balaban J connectivity index is 1.37. The molecule has 5 heteroatoms. The monoisotopic (exact) mass is 452 g/mol. The number of benzene rings is 2. The van der Waals surface area contributed by atoms with Crippen LogP contribution in [0.25, 0.3) is 0 Å².